The molecule has 2 rings (SSSR count). The number of urea groups is 1. The summed E-state index contributed by atoms with van der Waals surface area (Å²) in [4.78, 5) is 30.3. The van der Waals surface area contributed by atoms with E-state index in [-0.39, 0.29) is 6.03 Å². The molecule has 0 spiro atoms. The molecule has 1 saturated heterocycles. The molecule has 1 N–H and O–H groups in total. The number of amides is 2. The summed E-state index contributed by atoms with van der Waals surface area (Å²) in [6, 6.07) is -1.01. The van der Waals surface area contributed by atoms with Crippen molar-refractivity contribution in [3.63, 3.8) is 0 Å². The first-order valence-electron chi connectivity index (χ1n) is 5.79. The topological polar surface area (TPSA) is 78.7 Å². The number of aromatic nitrogens is 2. The number of aryl methyl sites for hydroxylation is 1. The first-order chi connectivity index (χ1) is 9.00. The molecule has 1 aromatic rings. The van der Waals surface area contributed by atoms with Gasteiger partial charge in [-0.1, -0.05) is 0 Å². The van der Waals surface area contributed by atoms with Crippen LogP contribution in [0.25, 0.3) is 0 Å². The Labute approximate surface area is 115 Å². The van der Waals surface area contributed by atoms with Gasteiger partial charge >= 0.3 is 12.0 Å². The van der Waals surface area contributed by atoms with Crippen LogP contribution in [-0.2, 0) is 18.4 Å². The standard InChI is InChI=1S/C11H16N4O3S/c1-13-4-3-12-9(13)5-14(2)11(18)15-7-19-6-8(15)10(16)17/h3-4,8H,5-7H2,1-2H3,(H,16,17)/t8-/m0/s1. The summed E-state index contributed by atoms with van der Waals surface area (Å²) in [5, 5.41) is 9.07. The van der Waals surface area contributed by atoms with Gasteiger partial charge in [-0.15, -0.1) is 11.8 Å². The highest BCUT2D eigenvalue weighted by molar-refractivity contribution is 7.99. The number of rotatable bonds is 3. The van der Waals surface area contributed by atoms with Gasteiger partial charge in [-0.05, 0) is 0 Å². The number of carboxylic acid groups (broad SMARTS) is 1. The minimum Gasteiger partial charge on any atom is -0.480 e. The molecule has 0 aliphatic carbocycles. The van der Waals surface area contributed by atoms with Gasteiger partial charge in [0, 0.05) is 32.2 Å². The van der Waals surface area contributed by atoms with E-state index in [1.807, 2.05) is 11.6 Å². The number of hydrogen-bond acceptors (Lipinski definition) is 4. The average molecular weight is 284 g/mol. The van der Waals surface area contributed by atoms with E-state index in [2.05, 4.69) is 4.98 Å². The molecule has 2 amide bonds. The van der Waals surface area contributed by atoms with Gasteiger partial charge in [0.25, 0.3) is 0 Å². The zero-order valence-corrected chi connectivity index (χ0v) is 11.6. The van der Waals surface area contributed by atoms with E-state index >= 15 is 0 Å². The number of aliphatic carboxylic acids is 1. The van der Waals surface area contributed by atoms with Crippen molar-refractivity contribution in [2.75, 3.05) is 18.7 Å². The Morgan fingerprint density at radius 1 is 1.63 bits per heavy atom. The predicted molar refractivity (Wildman–Crippen MR) is 70.7 cm³/mol. The molecular weight excluding hydrogens is 268 g/mol. The minimum atomic E-state index is -0.955. The smallest absolute Gasteiger partial charge is 0.327 e. The summed E-state index contributed by atoms with van der Waals surface area (Å²) >= 11 is 1.45. The SMILES string of the molecule is CN(Cc1nccn1C)C(=O)N1CSC[C@H]1C(=O)O. The van der Waals surface area contributed by atoms with E-state index in [1.54, 1.807) is 19.4 Å². The summed E-state index contributed by atoms with van der Waals surface area (Å²) in [5.74, 6) is 0.663. The quantitative estimate of drug-likeness (QED) is 0.871. The Kier molecular flexibility index (Phi) is 3.98. The second-order valence-corrected chi connectivity index (χ2v) is 5.42. The van der Waals surface area contributed by atoms with Gasteiger partial charge in [0.05, 0.1) is 12.4 Å². The molecule has 0 radical (unpaired) electrons. The molecule has 19 heavy (non-hydrogen) atoms. The maximum Gasteiger partial charge on any atom is 0.327 e. The Bertz CT molecular complexity index is 490. The van der Waals surface area contributed by atoms with E-state index in [0.717, 1.165) is 5.82 Å². The van der Waals surface area contributed by atoms with Crippen molar-refractivity contribution in [2.45, 2.75) is 12.6 Å². The third-order valence-corrected chi connectivity index (χ3v) is 4.05. The number of imidazole rings is 1. The highest BCUT2D eigenvalue weighted by Gasteiger charge is 2.36. The number of thioether (sulfide) groups is 1. The third-order valence-electron chi connectivity index (χ3n) is 3.04. The first kappa shape index (κ1) is 13.7. The summed E-state index contributed by atoms with van der Waals surface area (Å²) in [5.41, 5.74) is 0. The predicted octanol–water partition coefficient (Wildman–Crippen LogP) is 0.431. The van der Waals surface area contributed by atoms with Crippen LogP contribution < -0.4 is 0 Å². The van der Waals surface area contributed by atoms with Gasteiger partial charge in [-0.25, -0.2) is 14.6 Å². The van der Waals surface area contributed by atoms with Crippen LogP contribution in [0.15, 0.2) is 12.4 Å². The second-order valence-electron chi connectivity index (χ2n) is 4.42. The first-order valence-corrected chi connectivity index (χ1v) is 6.94. The van der Waals surface area contributed by atoms with Crippen molar-refractivity contribution in [3.8, 4) is 0 Å². The van der Waals surface area contributed by atoms with E-state index < -0.39 is 12.0 Å². The number of carbonyl (C=O) groups excluding carboxylic acids is 1. The van der Waals surface area contributed by atoms with Gasteiger partial charge in [-0.3, -0.25) is 0 Å². The van der Waals surface area contributed by atoms with E-state index in [1.165, 1.54) is 21.6 Å². The molecule has 1 fully saturated rings. The molecule has 8 heteroatoms. The van der Waals surface area contributed by atoms with Gasteiger partial charge in [0.15, 0.2) is 0 Å². The Hall–Kier alpha value is -1.70. The molecule has 7 nitrogen and oxygen atoms in total. The number of hydrogen-bond donors (Lipinski definition) is 1. The molecule has 1 aromatic heterocycles. The van der Waals surface area contributed by atoms with Crippen LogP contribution >= 0.6 is 11.8 Å². The lowest BCUT2D eigenvalue weighted by Gasteiger charge is -2.26. The van der Waals surface area contributed by atoms with Crippen LogP contribution in [0.4, 0.5) is 4.79 Å². The van der Waals surface area contributed by atoms with Crippen molar-refractivity contribution in [1.82, 2.24) is 19.4 Å². The fourth-order valence-electron chi connectivity index (χ4n) is 1.88. The lowest BCUT2D eigenvalue weighted by Crippen LogP contribution is -2.47. The second kappa shape index (κ2) is 5.52. The molecule has 0 bridgehead atoms. The molecule has 1 aliphatic rings. The lowest BCUT2D eigenvalue weighted by atomic mass is 10.3. The summed E-state index contributed by atoms with van der Waals surface area (Å²) in [6.07, 6.45) is 3.47. The van der Waals surface area contributed by atoms with Crippen LogP contribution in [0.5, 0.6) is 0 Å². The Morgan fingerprint density at radius 3 is 2.95 bits per heavy atom. The van der Waals surface area contributed by atoms with Crippen molar-refractivity contribution in [2.24, 2.45) is 7.05 Å². The van der Waals surface area contributed by atoms with Crippen molar-refractivity contribution < 1.29 is 14.7 Å². The van der Waals surface area contributed by atoms with Crippen LogP contribution in [0.1, 0.15) is 5.82 Å². The molecule has 1 atom stereocenters. The van der Waals surface area contributed by atoms with Crippen LogP contribution in [-0.4, -0.2) is 61.2 Å². The number of carbonyl (C=O) groups is 2. The average Bonchev–Trinajstić information content (AvgIpc) is 2.98. The van der Waals surface area contributed by atoms with E-state index in [9.17, 15) is 9.59 Å². The maximum absolute atomic E-state index is 12.2. The number of carboxylic acids is 1. The van der Waals surface area contributed by atoms with Crippen LogP contribution in [0, 0.1) is 0 Å². The molecule has 2 heterocycles. The molecule has 104 valence electrons. The fraction of sp³-hybridized carbons (Fsp3) is 0.545. The van der Waals surface area contributed by atoms with Gasteiger partial charge in [0.1, 0.15) is 11.9 Å². The zero-order chi connectivity index (χ0) is 14.0. The monoisotopic (exact) mass is 284 g/mol. The van der Waals surface area contributed by atoms with Gasteiger partial charge < -0.3 is 19.5 Å². The molecule has 0 aromatic carbocycles. The minimum absolute atomic E-state index is 0.277. The van der Waals surface area contributed by atoms with Gasteiger partial charge in [0.2, 0.25) is 0 Å². The Balaban J connectivity index is 2.03. The van der Waals surface area contributed by atoms with Crippen LogP contribution in [0.3, 0.4) is 0 Å². The third kappa shape index (κ3) is 2.83. The fourth-order valence-corrected chi connectivity index (χ4v) is 3.02. The largest absolute Gasteiger partial charge is 0.480 e. The molecule has 1 aliphatic heterocycles. The highest BCUT2D eigenvalue weighted by atomic mass is 32.2. The lowest BCUT2D eigenvalue weighted by molar-refractivity contribution is -0.140. The molecule has 0 saturated carbocycles. The molecular formula is C11H16N4O3S. The maximum atomic E-state index is 12.2. The van der Waals surface area contributed by atoms with Gasteiger partial charge in [-0.2, -0.15) is 0 Å². The van der Waals surface area contributed by atoms with E-state index in [4.69, 9.17) is 5.11 Å². The van der Waals surface area contributed by atoms with Crippen molar-refractivity contribution >= 4 is 23.8 Å². The summed E-state index contributed by atoms with van der Waals surface area (Å²) < 4.78 is 1.83. The Morgan fingerprint density at radius 2 is 2.37 bits per heavy atom. The normalized spacial score (nSPS) is 18.6. The van der Waals surface area contributed by atoms with E-state index in [0.29, 0.717) is 18.2 Å². The summed E-state index contributed by atoms with van der Waals surface area (Å²) in [6.45, 7) is 0.357. The zero-order valence-electron chi connectivity index (χ0n) is 10.8. The van der Waals surface area contributed by atoms with Crippen molar-refractivity contribution in [1.29, 1.82) is 0 Å². The van der Waals surface area contributed by atoms with Crippen LogP contribution in [0.2, 0.25) is 0 Å². The summed E-state index contributed by atoms with van der Waals surface area (Å²) in [7, 11) is 3.51. The number of nitrogens with zero attached hydrogens (tertiary/aromatic N) is 4. The van der Waals surface area contributed by atoms with Crippen molar-refractivity contribution in [3.05, 3.63) is 18.2 Å². The molecule has 0 unspecified atom stereocenters. The highest BCUT2D eigenvalue weighted by Crippen LogP contribution is 2.22.